The minimum absolute atomic E-state index is 0.277. The largest absolute Gasteiger partial charge is 0.497 e. The van der Waals surface area contributed by atoms with Crippen LogP contribution in [0, 0.1) is 0 Å². The third kappa shape index (κ3) is 4.80. The lowest BCUT2D eigenvalue weighted by molar-refractivity contribution is -0.143. The highest BCUT2D eigenvalue weighted by molar-refractivity contribution is 6.10. The molecule has 0 aliphatic carbocycles. The number of benzene rings is 2. The van der Waals surface area contributed by atoms with Crippen LogP contribution in [0.2, 0.25) is 0 Å². The van der Waals surface area contributed by atoms with Gasteiger partial charge in [0.2, 0.25) is 5.91 Å². The van der Waals surface area contributed by atoms with Crippen LogP contribution in [-0.2, 0) is 24.7 Å². The summed E-state index contributed by atoms with van der Waals surface area (Å²) in [6.07, 6.45) is 0. The Kier molecular flexibility index (Phi) is 6.62. The van der Waals surface area contributed by atoms with Crippen LogP contribution in [-0.4, -0.2) is 56.1 Å². The van der Waals surface area contributed by atoms with Gasteiger partial charge in [0.1, 0.15) is 23.6 Å². The second-order valence-electron chi connectivity index (χ2n) is 7.12. The molecule has 1 saturated heterocycles. The first-order valence-electron chi connectivity index (χ1n) is 9.65. The minimum atomic E-state index is -1.30. The van der Waals surface area contributed by atoms with Gasteiger partial charge >= 0.3 is 12.0 Å². The van der Waals surface area contributed by atoms with E-state index in [-0.39, 0.29) is 6.61 Å². The fourth-order valence-corrected chi connectivity index (χ4v) is 3.17. The number of rotatable bonds is 8. The summed E-state index contributed by atoms with van der Waals surface area (Å²) in [6.45, 7) is 0.832. The van der Waals surface area contributed by atoms with E-state index >= 15 is 0 Å². The first-order valence-corrected chi connectivity index (χ1v) is 9.65. The maximum Gasteiger partial charge on any atom is 0.343 e. The van der Waals surface area contributed by atoms with Crippen LogP contribution < -0.4 is 20.1 Å². The van der Waals surface area contributed by atoms with Crippen molar-refractivity contribution in [3.05, 3.63) is 54.1 Å². The molecule has 10 heteroatoms. The summed E-state index contributed by atoms with van der Waals surface area (Å²) in [4.78, 5) is 50.0. The Hall–Kier alpha value is -4.08. The quantitative estimate of drug-likeness (QED) is 0.472. The standard InChI is InChI=1S/C22H23N3O7/c1-22(14-7-9-16(30-2)10-8-14)20(28)25(21(29)24-22)12-18(26)23-15-5-4-6-17(11-15)32-13-19(27)31-3/h4-11H,12-13H2,1-3H3,(H,23,26)(H,24,29). The zero-order valence-corrected chi connectivity index (χ0v) is 17.8. The molecule has 2 N–H and O–H groups in total. The Morgan fingerprint density at radius 3 is 2.44 bits per heavy atom. The smallest absolute Gasteiger partial charge is 0.343 e. The summed E-state index contributed by atoms with van der Waals surface area (Å²) in [7, 11) is 2.78. The van der Waals surface area contributed by atoms with E-state index in [0.717, 1.165) is 4.90 Å². The van der Waals surface area contributed by atoms with Gasteiger partial charge in [-0.2, -0.15) is 0 Å². The SMILES string of the molecule is COC(=O)COc1cccc(NC(=O)CN2C(=O)NC(C)(c3ccc(OC)cc3)C2=O)c1. The second kappa shape index (κ2) is 9.38. The van der Waals surface area contributed by atoms with Gasteiger partial charge in [0.15, 0.2) is 6.61 Å². The lowest BCUT2D eigenvalue weighted by Crippen LogP contribution is -2.42. The van der Waals surface area contributed by atoms with Crippen LogP contribution in [0.1, 0.15) is 12.5 Å². The third-order valence-corrected chi connectivity index (χ3v) is 4.95. The van der Waals surface area contributed by atoms with Crippen LogP contribution in [0.3, 0.4) is 0 Å². The van der Waals surface area contributed by atoms with Gasteiger partial charge in [0.25, 0.3) is 5.91 Å². The third-order valence-electron chi connectivity index (χ3n) is 4.95. The molecular weight excluding hydrogens is 418 g/mol. The van der Waals surface area contributed by atoms with Crippen molar-refractivity contribution < 1.29 is 33.4 Å². The number of hydrogen-bond acceptors (Lipinski definition) is 7. The number of anilines is 1. The van der Waals surface area contributed by atoms with Gasteiger partial charge in [-0.05, 0) is 36.8 Å². The minimum Gasteiger partial charge on any atom is -0.497 e. The molecular formula is C22H23N3O7. The molecule has 0 radical (unpaired) electrons. The molecule has 1 aliphatic heterocycles. The molecule has 10 nitrogen and oxygen atoms in total. The van der Waals surface area contributed by atoms with Gasteiger partial charge in [-0.25, -0.2) is 9.59 Å². The van der Waals surface area contributed by atoms with Gasteiger partial charge in [0.05, 0.1) is 14.2 Å². The molecule has 1 atom stereocenters. The van der Waals surface area contributed by atoms with Crippen molar-refractivity contribution in [3.63, 3.8) is 0 Å². The zero-order chi connectivity index (χ0) is 23.3. The number of ether oxygens (including phenoxy) is 3. The number of esters is 1. The van der Waals surface area contributed by atoms with Crippen molar-refractivity contribution in [2.75, 3.05) is 32.7 Å². The van der Waals surface area contributed by atoms with Gasteiger partial charge in [-0.1, -0.05) is 18.2 Å². The molecule has 1 aliphatic rings. The van der Waals surface area contributed by atoms with Crippen molar-refractivity contribution in [2.45, 2.75) is 12.5 Å². The van der Waals surface area contributed by atoms with E-state index in [0.29, 0.717) is 22.7 Å². The molecule has 1 heterocycles. The van der Waals surface area contributed by atoms with Crippen molar-refractivity contribution in [1.29, 1.82) is 0 Å². The van der Waals surface area contributed by atoms with E-state index in [1.807, 2.05) is 0 Å². The summed E-state index contributed by atoms with van der Waals surface area (Å²) in [5, 5.41) is 5.26. The Bertz CT molecular complexity index is 1040. The fourth-order valence-electron chi connectivity index (χ4n) is 3.17. The molecule has 32 heavy (non-hydrogen) atoms. The number of carbonyl (C=O) groups excluding carboxylic acids is 4. The average molecular weight is 441 g/mol. The van der Waals surface area contributed by atoms with Crippen molar-refractivity contribution in [1.82, 2.24) is 10.2 Å². The number of urea groups is 1. The number of amides is 4. The van der Waals surface area contributed by atoms with Crippen LogP contribution >= 0.6 is 0 Å². The summed E-state index contributed by atoms with van der Waals surface area (Å²) in [5.74, 6) is -0.702. The number of methoxy groups -OCH3 is 2. The van der Waals surface area contributed by atoms with E-state index in [4.69, 9.17) is 9.47 Å². The van der Waals surface area contributed by atoms with E-state index in [1.54, 1.807) is 49.4 Å². The predicted octanol–water partition coefficient (Wildman–Crippen LogP) is 1.65. The van der Waals surface area contributed by atoms with Crippen LogP contribution in [0.25, 0.3) is 0 Å². The molecule has 2 aromatic rings. The lowest BCUT2D eigenvalue weighted by atomic mass is 9.92. The maximum absolute atomic E-state index is 13.0. The van der Waals surface area contributed by atoms with Gasteiger partial charge in [-0.3, -0.25) is 14.5 Å². The Morgan fingerprint density at radius 2 is 1.78 bits per heavy atom. The fraction of sp³-hybridized carbons (Fsp3) is 0.273. The molecule has 1 unspecified atom stereocenters. The van der Waals surface area contributed by atoms with Crippen LogP contribution in [0.5, 0.6) is 11.5 Å². The topological polar surface area (TPSA) is 123 Å². The molecule has 0 aromatic heterocycles. The molecule has 1 fully saturated rings. The van der Waals surface area contributed by atoms with E-state index in [1.165, 1.54) is 20.3 Å². The van der Waals surface area contributed by atoms with Crippen LogP contribution in [0.15, 0.2) is 48.5 Å². The van der Waals surface area contributed by atoms with Crippen molar-refractivity contribution >= 4 is 29.5 Å². The Morgan fingerprint density at radius 1 is 1.06 bits per heavy atom. The van der Waals surface area contributed by atoms with E-state index < -0.39 is 35.9 Å². The molecule has 168 valence electrons. The number of imide groups is 1. The van der Waals surface area contributed by atoms with Crippen molar-refractivity contribution in [3.8, 4) is 11.5 Å². The highest BCUT2D eigenvalue weighted by Crippen LogP contribution is 2.30. The first-order chi connectivity index (χ1) is 15.3. The highest BCUT2D eigenvalue weighted by atomic mass is 16.6. The molecule has 2 aromatic carbocycles. The molecule has 0 saturated carbocycles. The molecule has 3 rings (SSSR count). The number of hydrogen-bond donors (Lipinski definition) is 2. The predicted molar refractivity (Wildman–Crippen MR) is 113 cm³/mol. The van der Waals surface area contributed by atoms with Crippen molar-refractivity contribution in [2.24, 2.45) is 0 Å². The lowest BCUT2D eigenvalue weighted by Gasteiger charge is -2.22. The average Bonchev–Trinajstić information content (AvgIpc) is 3.01. The highest BCUT2D eigenvalue weighted by Gasteiger charge is 2.49. The normalized spacial score (nSPS) is 17.5. The van der Waals surface area contributed by atoms with E-state index in [2.05, 4.69) is 15.4 Å². The number of nitrogens with one attached hydrogen (secondary N) is 2. The summed E-state index contributed by atoms with van der Waals surface area (Å²) < 4.78 is 14.9. The molecule has 0 bridgehead atoms. The number of nitrogens with zero attached hydrogens (tertiary/aromatic N) is 1. The summed E-state index contributed by atoms with van der Waals surface area (Å²) in [5.41, 5.74) is -0.358. The Labute approximate surface area is 184 Å². The molecule has 4 amide bonds. The first kappa shape index (κ1) is 22.6. The van der Waals surface area contributed by atoms with Gasteiger partial charge < -0.3 is 24.8 Å². The van der Waals surface area contributed by atoms with Crippen LogP contribution in [0.4, 0.5) is 10.5 Å². The second-order valence-corrected chi connectivity index (χ2v) is 7.12. The summed E-state index contributed by atoms with van der Waals surface area (Å²) >= 11 is 0. The van der Waals surface area contributed by atoms with Gasteiger partial charge in [-0.15, -0.1) is 0 Å². The van der Waals surface area contributed by atoms with E-state index in [9.17, 15) is 19.2 Å². The number of carbonyl (C=O) groups is 4. The summed E-state index contributed by atoms with van der Waals surface area (Å²) in [6, 6.07) is 12.4. The monoisotopic (exact) mass is 441 g/mol. The van der Waals surface area contributed by atoms with Gasteiger partial charge in [0, 0.05) is 11.8 Å². The molecule has 0 spiro atoms. The Balaban J connectivity index is 1.65. The zero-order valence-electron chi connectivity index (χ0n) is 17.8. The maximum atomic E-state index is 13.0.